The van der Waals surface area contributed by atoms with Gasteiger partial charge >= 0.3 is 0 Å². The molecule has 2 N–H and O–H groups in total. The maximum absolute atomic E-state index is 13.7. The molecule has 2 aliphatic rings. The number of nitrogens with zero attached hydrogens (tertiary/aromatic N) is 1. The minimum atomic E-state index is -0.865. The fourth-order valence-corrected chi connectivity index (χ4v) is 5.51. The van der Waals surface area contributed by atoms with Crippen LogP contribution < -0.4 is 5.32 Å². The lowest BCUT2D eigenvalue weighted by Crippen LogP contribution is -2.58. The van der Waals surface area contributed by atoms with E-state index in [0.29, 0.717) is 12.1 Å². The number of hydrogen-bond donors (Lipinski definition) is 2. The van der Waals surface area contributed by atoms with Gasteiger partial charge in [0.15, 0.2) is 5.78 Å². The van der Waals surface area contributed by atoms with Gasteiger partial charge in [0.1, 0.15) is 24.4 Å². The van der Waals surface area contributed by atoms with Crippen LogP contribution in [-0.4, -0.2) is 58.9 Å². The second kappa shape index (κ2) is 10.0. The van der Waals surface area contributed by atoms with Crippen molar-refractivity contribution in [1.82, 2.24) is 10.2 Å². The molecule has 8 heteroatoms. The van der Waals surface area contributed by atoms with Crippen LogP contribution >= 0.6 is 11.3 Å². The van der Waals surface area contributed by atoms with Crippen molar-refractivity contribution in [3.8, 4) is 16.2 Å². The minimum absolute atomic E-state index is 0.0185. The van der Waals surface area contributed by atoms with Gasteiger partial charge in [0.2, 0.25) is 5.91 Å². The lowest BCUT2D eigenvalue weighted by molar-refractivity contribution is -0.142. The first-order valence-electron chi connectivity index (χ1n) is 11.7. The van der Waals surface area contributed by atoms with Crippen LogP contribution in [0.15, 0.2) is 66.0 Å². The van der Waals surface area contributed by atoms with Gasteiger partial charge in [-0.25, -0.2) is 0 Å². The van der Waals surface area contributed by atoms with Crippen molar-refractivity contribution in [2.75, 3.05) is 13.2 Å². The molecule has 2 fully saturated rings. The van der Waals surface area contributed by atoms with Gasteiger partial charge in [0.25, 0.3) is 5.91 Å². The second-order valence-electron chi connectivity index (χ2n) is 8.89. The third-order valence-electron chi connectivity index (χ3n) is 6.56. The predicted molar refractivity (Wildman–Crippen MR) is 132 cm³/mol. The smallest absolute Gasteiger partial charge is 0.251 e. The summed E-state index contributed by atoms with van der Waals surface area (Å²) in [7, 11) is 0. The number of benzene rings is 2. The SMILES string of the molecule is O=C(N[C@@H](Cc1ccc(O)cc1)C(=O)N1CCC[C@H]2OCC(=O)[C@H]21)c1ccc(-c2cccs2)cc1. The topological polar surface area (TPSA) is 95.9 Å². The molecule has 0 saturated carbocycles. The quantitative estimate of drug-likeness (QED) is 0.552. The summed E-state index contributed by atoms with van der Waals surface area (Å²) in [6, 6.07) is 16.4. The number of Topliss-reactive ketones (excluding diaryl/α,β-unsaturated/α-hetero) is 1. The molecule has 2 aliphatic heterocycles. The first-order chi connectivity index (χ1) is 17.0. The fraction of sp³-hybridized carbons (Fsp3) is 0.296. The molecular weight excluding hydrogens is 464 g/mol. The molecule has 2 saturated heterocycles. The van der Waals surface area contributed by atoms with Crippen molar-refractivity contribution in [2.45, 2.75) is 37.5 Å². The molecule has 5 rings (SSSR count). The van der Waals surface area contributed by atoms with E-state index < -0.39 is 12.1 Å². The average molecular weight is 491 g/mol. The van der Waals surface area contributed by atoms with E-state index in [0.717, 1.165) is 28.8 Å². The Bertz CT molecular complexity index is 1210. The number of hydrogen-bond acceptors (Lipinski definition) is 6. The number of phenolic OH excluding ortho intramolecular Hbond substituents is 1. The molecule has 3 aromatic rings. The number of amides is 2. The molecule has 2 aromatic carbocycles. The Hall–Kier alpha value is -3.49. The number of fused-ring (bicyclic) bond motifs is 1. The molecule has 0 bridgehead atoms. The Kier molecular flexibility index (Phi) is 6.66. The molecule has 3 heterocycles. The molecule has 35 heavy (non-hydrogen) atoms. The fourth-order valence-electron chi connectivity index (χ4n) is 4.78. The van der Waals surface area contributed by atoms with Crippen molar-refractivity contribution >= 4 is 28.9 Å². The summed E-state index contributed by atoms with van der Waals surface area (Å²) in [6.45, 7) is 0.469. The standard InChI is InChI=1S/C27H26N2O5S/c30-20-11-5-17(6-12-20)15-21(27(33)29-13-1-3-23-25(29)22(31)16-34-23)28-26(32)19-9-7-18(8-10-19)24-4-2-14-35-24/h2,4-12,14,21,23,25,30H,1,3,13,15-16H2,(H,28,32)/t21-,23+,25+/m0/s1. The first-order valence-corrected chi connectivity index (χ1v) is 12.5. The van der Waals surface area contributed by atoms with Gasteiger partial charge in [-0.1, -0.05) is 30.3 Å². The molecule has 180 valence electrons. The second-order valence-corrected chi connectivity index (χ2v) is 9.83. The lowest BCUT2D eigenvalue weighted by atomic mass is 9.95. The summed E-state index contributed by atoms with van der Waals surface area (Å²) in [5.41, 5.74) is 2.26. The first kappa shape index (κ1) is 23.3. The van der Waals surface area contributed by atoms with Crippen LogP contribution in [0.4, 0.5) is 0 Å². The van der Waals surface area contributed by atoms with E-state index in [1.54, 1.807) is 52.6 Å². The Morgan fingerprint density at radius 3 is 2.60 bits per heavy atom. The number of ether oxygens (including phenoxy) is 1. The maximum atomic E-state index is 13.7. The van der Waals surface area contributed by atoms with Gasteiger partial charge in [-0.2, -0.15) is 0 Å². The summed E-state index contributed by atoms with van der Waals surface area (Å²) in [4.78, 5) is 42.0. The third kappa shape index (κ3) is 4.99. The number of piperidine rings is 1. The number of nitrogens with one attached hydrogen (secondary N) is 1. The number of rotatable bonds is 6. The molecule has 1 aromatic heterocycles. The molecule has 0 radical (unpaired) electrons. The van der Waals surface area contributed by atoms with Gasteiger partial charge in [0.05, 0.1) is 6.10 Å². The predicted octanol–water partition coefficient (Wildman–Crippen LogP) is 3.42. The van der Waals surface area contributed by atoms with Gasteiger partial charge < -0.3 is 20.1 Å². The number of carbonyl (C=O) groups excluding carboxylic acids is 3. The molecule has 3 atom stereocenters. The van der Waals surface area contributed by atoms with Gasteiger partial charge in [0, 0.05) is 23.4 Å². The molecule has 0 aliphatic carbocycles. The van der Waals surface area contributed by atoms with Crippen molar-refractivity contribution in [3.63, 3.8) is 0 Å². The summed E-state index contributed by atoms with van der Waals surface area (Å²) >= 11 is 1.62. The van der Waals surface area contributed by atoms with Crippen molar-refractivity contribution in [3.05, 3.63) is 77.2 Å². The van der Waals surface area contributed by atoms with Gasteiger partial charge in [-0.15, -0.1) is 11.3 Å². The Morgan fingerprint density at radius 2 is 1.89 bits per heavy atom. The largest absolute Gasteiger partial charge is 0.508 e. The van der Waals surface area contributed by atoms with Crippen LogP contribution in [0.1, 0.15) is 28.8 Å². The van der Waals surface area contributed by atoms with E-state index >= 15 is 0 Å². The summed E-state index contributed by atoms with van der Waals surface area (Å²) in [5, 5.41) is 14.5. The van der Waals surface area contributed by atoms with E-state index in [1.807, 2.05) is 29.6 Å². The highest BCUT2D eigenvalue weighted by molar-refractivity contribution is 7.13. The number of likely N-dealkylation sites (tertiary alicyclic amines) is 1. The zero-order chi connectivity index (χ0) is 24.4. The van der Waals surface area contributed by atoms with E-state index in [4.69, 9.17) is 4.74 Å². The van der Waals surface area contributed by atoms with Crippen molar-refractivity contribution in [1.29, 1.82) is 0 Å². The summed E-state index contributed by atoms with van der Waals surface area (Å²) in [6.07, 6.45) is 1.44. The van der Waals surface area contributed by atoms with Crippen LogP contribution in [0.3, 0.4) is 0 Å². The summed E-state index contributed by atoms with van der Waals surface area (Å²) in [5.74, 6) is -0.626. The molecule has 2 amide bonds. The number of carbonyl (C=O) groups is 3. The monoisotopic (exact) mass is 490 g/mol. The lowest BCUT2D eigenvalue weighted by Gasteiger charge is -2.37. The zero-order valence-corrected chi connectivity index (χ0v) is 19.9. The highest BCUT2D eigenvalue weighted by Crippen LogP contribution is 2.28. The Labute approximate surface area is 207 Å². The Balaban J connectivity index is 1.37. The van der Waals surface area contributed by atoms with Gasteiger partial charge in [-0.3, -0.25) is 14.4 Å². The Morgan fingerprint density at radius 1 is 1.11 bits per heavy atom. The molecule has 7 nitrogen and oxygen atoms in total. The van der Waals surface area contributed by atoms with Crippen LogP contribution in [0, 0.1) is 0 Å². The van der Waals surface area contributed by atoms with E-state index in [9.17, 15) is 19.5 Å². The number of ketones is 1. The van der Waals surface area contributed by atoms with Crippen LogP contribution in [0.2, 0.25) is 0 Å². The minimum Gasteiger partial charge on any atom is -0.508 e. The highest BCUT2D eigenvalue weighted by atomic mass is 32.1. The number of aromatic hydroxyl groups is 1. The summed E-state index contributed by atoms with van der Waals surface area (Å²) < 4.78 is 5.60. The van der Waals surface area contributed by atoms with Crippen LogP contribution in [0.5, 0.6) is 5.75 Å². The van der Waals surface area contributed by atoms with Crippen molar-refractivity contribution in [2.24, 2.45) is 0 Å². The number of thiophene rings is 1. The van der Waals surface area contributed by atoms with Crippen LogP contribution in [-0.2, 0) is 20.7 Å². The molecule has 0 spiro atoms. The molecule has 0 unspecified atom stereocenters. The normalized spacial score (nSPS) is 20.3. The average Bonchev–Trinajstić information content (AvgIpc) is 3.55. The maximum Gasteiger partial charge on any atom is 0.251 e. The van der Waals surface area contributed by atoms with E-state index in [2.05, 4.69) is 5.32 Å². The third-order valence-corrected chi connectivity index (χ3v) is 7.48. The van der Waals surface area contributed by atoms with Crippen LogP contribution in [0.25, 0.3) is 10.4 Å². The number of phenols is 1. The van der Waals surface area contributed by atoms with E-state index in [-0.39, 0.29) is 42.5 Å². The zero-order valence-electron chi connectivity index (χ0n) is 19.1. The molecular formula is C27H26N2O5S. The van der Waals surface area contributed by atoms with Gasteiger partial charge in [-0.05, 0) is 59.7 Å². The van der Waals surface area contributed by atoms with E-state index in [1.165, 1.54) is 0 Å². The van der Waals surface area contributed by atoms with Crippen molar-refractivity contribution < 1.29 is 24.2 Å². The highest BCUT2D eigenvalue weighted by Gasteiger charge is 2.45.